The lowest BCUT2D eigenvalue weighted by Gasteiger charge is -2.02. The van der Waals surface area contributed by atoms with Gasteiger partial charge >= 0.3 is 0 Å². The normalized spacial score (nSPS) is 11.9. The van der Waals surface area contributed by atoms with Crippen LogP contribution in [0.15, 0.2) is 0 Å². The second-order valence-electron chi connectivity index (χ2n) is 3.68. The highest BCUT2D eigenvalue weighted by atomic mass is 16.3. The second-order valence-corrected chi connectivity index (χ2v) is 3.68. The van der Waals surface area contributed by atoms with Crippen LogP contribution in [0.1, 0.15) is 58.3 Å². The average Bonchev–Trinajstić information content (AvgIpc) is 2.17. The van der Waals surface area contributed by atoms with Crippen molar-refractivity contribution in [3.63, 3.8) is 0 Å². The molecule has 82 valence electrons. The molecule has 0 spiro atoms. The first-order valence-electron chi connectivity index (χ1n) is 5.64. The maximum Gasteiger partial charge on any atom is 0.118 e. The summed E-state index contributed by atoms with van der Waals surface area (Å²) in [5, 5.41) is 17.4. The molecule has 0 heterocycles. The molecule has 0 radical (unpaired) electrons. The van der Waals surface area contributed by atoms with Crippen LogP contribution < -0.4 is 0 Å². The van der Waals surface area contributed by atoms with E-state index >= 15 is 0 Å². The third kappa shape index (κ3) is 9.41. The fourth-order valence-electron chi connectivity index (χ4n) is 1.44. The predicted octanol–water partition coefficient (Wildman–Crippen LogP) is 2.82. The predicted molar refractivity (Wildman–Crippen MR) is 58.3 cm³/mol. The summed E-state index contributed by atoms with van der Waals surface area (Å²) in [6, 6.07) is 0. The monoisotopic (exact) mass is 198 g/mol. The summed E-state index contributed by atoms with van der Waals surface area (Å²) in [4.78, 5) is 0. The molecule has 2 N–H and O–H groups in total. The largest absolute Gasteiger partial charge is 0.462 e. The van der Waals surface area contributed by atoms with Crippen LogP contribution in [0, 0.1) is 12.0 Å². The van der Waals surface area contributed by atoms with E-state index in [9.17, 15) is 0 Å². The van der Waals surface area contributed by atoms with Crippen molar-refractivity contribution in [2.24, 2.45) is 0 Å². The van der Waals surface area contributed by atoms with E-state index in [1.54, 1.807) is 6.11 Å². The SMILES string of the molecule is CCCCCCCCCC(O)C#CO. The molecule has 0 aliphatic carbocycles. The fraction of sp³-hybridized carbons (Fsp3) is 0.833. The Morgan fingerprint density at radius 2 is 1.57 bits per heavy atom. The maximum absolute atomic E-state index is 9.16. The van der Waals surface area contributed by atoms with Crippen LogP contribution in [0.25, 0.3) is 0 Å². The highest BCUT2D eigenvalue weighted by Crippen LogP contribution is 2.09. The van der Waals surface area contributed by atoms with Crippen LogP contribution in [0.4, 0.5) is 0 Å². The number of aliphatic hydroxyl groups is 2. The molecule has 1 unspecified atom stereocenters. The van der Waals surface area contributed by atoms with Gasteiger partial charge in [0.2, 0.25) is 0 Å². The van der Waals surface area contributed by atoms with E-state index in [4.69, 9.17) is 10.2 Å². The van der Waals surface area contributed by atoms with E-state index in [1.165, 1.54) is 32.1 Å². The Balaban J connectivity index is 3.08. The Bertz CT molecular complexity index is 167. The van der Waals surface area contributed by atoms with Crippen LogP contribution in [0.2, 0.25) is 0 Å². The topological polar surface area (TPSA) is 40.5 Å². The smallest absolute Gasteiger partial charge is 0.118 e. The number of rotatable bonds is 8. The van der Waals surface area contributed by atoms with E-state index in [1.807, 2.05) is 0 Å². The molecule has 0 rings (SSSR count). The second kappa shape index (κ2) is 10.4. The van der Waals surface area contributed by atoms with Gasteiger partial charge in [-0.1, -0.05) is 45.4 Å². The number of aliphatic hydroxyl groups excluding tert-OH is 2. The van der Waals surface area contributed by atoms with Crippen molar-refractivity contribution in [2.75, 3.05) is 0 Å². The molecular weight excluding hydrogens is 176 g/mol. The van der Waals surface area contributed by atoms with Crippen molar-refractivity contribution >= 4 is 0 Å². The fourth-order valence-corrected chi connectivity index (χ4v) is 1.44. The zero-order valence-corrected chi connectivity index (χ0v) is 9.13. The minimum atomic E-state index is -0.643. The Morgan fingerprint density at radius 1 is 1.00 bits per heavy atom. The lowest BCUT2D eigenvalue weighted by atomic mass is 10.1. The molecule has 0 bridgehead atoms. The van der Waals surface area contributed by atoms with Crippen molar-refractivity contribution in [3.05, 3.63) is 0 Å². The van der Waals surface area contributed by atoms with Crippen molar-refractivity contribution in [2.45, 2.75) is 64.4 Å². The highest BCUT2D eigenvalue weighted by molar-refractivity contribution is 4.97. The van der Waals surface area contributed by atoms with E-state index < -0.39 is 6.10 Å². The average molecular weight is 198 g/mol. The summed E-state index contributed by atoms with van der Waals surface area (Å²) in [6.45, 7) is 2.21. The molecular formula is C12H22O2. The first-order valence-corrected chi connectivity index (χ1v) is 5.64. The van der Waals surface area contributed by atoms with Crippen molar-refractivity contribution in [1.29, 1.82) is 0 Å². The molecule has 0 aromatic rings. The van der Waals surface area contributed by atoms with Gasteiger partial charge in [-0.3, -0.25) is 0 Å². The lowest BCUT2D eigenvalue weighted by molar-refractivity contribution is 0.216. The van der Waals surface area contributed by atoms with Crippen LogP contribution >= 0.6 is 0 Å². The van der Waals surface area contributed by atoms with Crippen LogP contribution in [-0.4, -0.2) is 16.3 Å². The number of hydrogen-bond donors (Lipinski definition) is 2. The van der Waals surface area contributed by atoms with Gasteiger partial charge in [0.1, 0.15) is 12.2 Å². The third-order valence-electron chi connectivity index (χ3n) is 2.31. The standard InChI is InChI=1S/C12H22O2/c1-2-3-4-5-6-7-8-9-12(14)10-11-13/h12-14H,2-9H2,1H3. The summed E-state index contributed by atoms with van der Waals surface area (Å²) in [6.07, 6.45) is 10.4. The van der Waals surface area contributed by atoms with Crippen molar-refractivity contribution in [1.82, 2.24) is 0 Å². The van der Waals surface area contributed by atoms with Crippen LogP contribution in [0.3, 0.4) is 0 Å². The zero-order chi connectivity index (χ0) is 10.6. The molecule has 0 fully saturated rings. The molecule has 0 saturated heterocycles. The van der Waals surface area contributed by atoms with Gasteiger partial charge in [-0.15, -0.1) is 0 Å². The molecule has 1 atom stereocenters. The molecule has 2 heteroatoms. The molecule has 0 aliphatic heterocycles. The molecule has 0 aliphatic rings. The third-order valence-corrected chi connectivity index (χ3v) is 2.31. The maximum atomic E-state index is 9.16. The molecule has 2 nitrogen and oxygen atoms in total. The first kappa shape index (κ1) is 13.3. The number of hydrogen-bond acceptors (Lipinski definition) is 2. The summed E-state index contributed by atoms with van der Waals surface area (Å²) in [5.74, 6) is 2.32. The van der Waals surface area contributed by atoms with Gasteiger partial charge in [-0.2, -0.15) is 0 Å². The Hall–Kier alpha value is -0.680. The first-order chi connectivity index (χ1) is 6.81. The van der Waals surface area contributed by atoms with E-state index in [-0.39, 0.29) is 0 Å². The Kier molecular flexibility index (Phi) is 9.90. The van der Waals surface area contributed by atoms with Crippen LogP contribution in [-0.2, 0) is 0 Å². The summed E-state index contributed by atoms with van der Waals surface area (Å²) < 4.78 is 0. The minimum absolute atomic E-state index is 0.643. The molecule has 0 saturated carbocycles. The van der Waals surface area contributed by atoms with Gasteiger partial charge in [0.05, 0.1) is 0 Å². The number of unbranched alkanes of at least 4 members (excludes halogenated alkanes) is 6. The van der Waals surface area contributed by atoms with Gasteiger partial charge in [0, 0.05) is 0 Å². The molecule has 0 amide bonds. The van der Waals surface area contributed by atoms with E-state index in [0.717, 1.165) is 12.8 Å². The van der Waals surface area contributed by atoms with Crippen LogP contribution in [0.5, 0.6) is 0 Å². The zero-order valence-electron chi connectivity index (χ0n) is 9.13. The van der Waals surface area contributed by atoms with Crippen molar-refractivity contribution in [3.8, 4) is 12.0 Å². The molecule has 14 heavy (non-hydrogen) atoms. The summed E-state index contributed by atoms with van der Waals surface area (Å²) >= 11 is 0. The van der Waals surface area contributed by atoms with E-state index in [0.29, 0.717) is 6.42 Å². The van der Waals surface area contributed by atoms with Gasteiger partial charge in [-0.05, 0) is 18.8 Å². The van der Waals surface area contributed by atoms with E-state index in [2.05, 4.69) is 12.8 Å². The molecule has 0 aromatic heterocycles. The van der Waals surface area contributed by atoms with Crippen molar-refractivity contribution < 1.29 is 10.2 Å². The summed E-state index contributed by atoms with van der Waals surface area (Å²) in [7, 11) is 0. The minimum Gasteiger partial charge on any atom is -0.462 e. The lowest BCUT2D eigenvalue weighted by Crippen LogP contribution is -2.01. The van der Waals surface area contributed by atoms with Gasteiger partial charge in [0.15, 0.2) is 0 Å². The van der Waals surface area contributed by atoms with Gasteiger partial charge < -0.3 is 10.2 Å². The summed E-state index contributed by atoms with van der Waals surface area (Å²) in [5.41, 5.74) is 0. The quantitative estimate of drug-likeness (QED) is 0.465. The Morgan fingerprint density at radius 3 is 2.14 bits per heavy atom. The molecule has 0 aromatic carbocycles. The van der Waals surface area contributed by atoms with Gasteiger partial charge in [0.25, 0.3) is 0 Å². The Labute approximate surface area is 87.3 Å². The van der Waals surface area contributed by atoms with Gasteiger partial charge in [-0.25, -0.2) is 0 Å². The highest BCUT2D eigenvalue weighted by Gasteiger charge is 1.98.